The largest absolute Gasteiger partial charge is 0.259 e. The lowest BCUT2D eigenvalue weighted by Crippen LogP contribution is -1.82. The van der Waals surface area contributed by atoms with Gasteiger partial charge in [-0.25, -0.2) is 17.6 Å². The highest BCUT2D eigenvalue weighted by Crippen LogP contribution is 2.18. The molecule has 22 heavy (non-hydrogen) atoms. The number of azo groups is 2. The van der Waals surface area contributed by atoms with E-state index in [1.165, 1.54) is 0 Å². The first-order valence-electron chi connectivity index (χ1n) is 5.72. The van der Waals surface area contributed by atoms with Crippen LogP contribution in [0, 0.1) is 23.3 Å². The Balaban J connectivity index is 2.08. The molecule has 0 saturated carbocycles. The van der Waals surface area contributed by atoms with Crippen LogP contribution in [0.3, 0.4) is 0 Å². The van der Waals surface area contributed by atoms with Crippen molar-refractivity contribution < 1.29 is 17.6 Å². The number of halogens is 4. The van der Waals surface area contributed by atoms with Gasteiger partial charge in [0.25, 0.3) is 5.11 Å². The first kappa shape index (κ1) is 15.8. The maximum Gasteiger partial charge on any atom is 0.259 e. The summed E-state index contributed by atoms with van der Waals surface area (Å²) >= 11 is 4.69. The van der Waals surface area contributed by atoms with E-state index >= 15 is 0 Å². The minimum Gasteiger partial charge on any atom is -0.207 e. The van der Waals surface area contributed by atoms with E-state index in [0.717, 1.165) is 24.3 Å². The van der Waals surface area contributed by atoms with E-state index in [1.807, 2.05) is 0 Å². The Morgan fingerprint density at radius 1 is 0.636 bits per heavy atom. The Labute approximate surface area is 127 Å². The second kappa shape index (κ2) is 6.94. The summed E-state index contributed by atoms with van der Waals surface area (Å²) in [5.74, 6) is -3.29. The quantitative estimate of drug-likeness (QED) is 0.414. The third-order valence-electron chi connectivity index (χ3n) is 2.20. The molecule has 0 heterocycles. The number of nitrogens with zero attached hydrogens (tertiary/aromatic N) is 4. The maximum atomic E-state index is 12.9. The summed E-state index contributed by atoms with van der Waals surface area (Å²) in [4.78, 5) is 0. The standard InChI is InChI=1S/C13H6F4N4S/c14-7-1-8(15)4-11(3-7)18-20-13(22)21-19-12-5-9(16)2-10(17)6-12/h1-6H. The fraction of sp³-hybridized carbons (Fsp3) is 0. The molecular formula is C13H6F4N4S. The van der Waals surface area contributed by atoms with Crippen LogP contribution in [-0.2, 0) is 0 Å². The number of hydrogen-bond acceptors (Lipinski definition) is 3. The molecule has 0 spiro atoms. The summed E-state index contributed by atoms with van der Waals surface area (Å²) in [5.41, 5.74) is -0.210. The van der Waals surface area contributed by atoms with Gasteiger partial charge in [0.15, 0.2) is 0 Å². The third kappa shape index (κ3) is 4.77. The molecule has 0 aliphatic rings. The van der Waals surface area contributed by atoms with Crippen LogP contribution in [0.2, 0.25) is 0 Å². The summed E-state index contributed by atoms with van der Waals surface area (Å²) in [6, 6.07) is 5.11. The molecule has 0 N–H and O–H groups in total. The van der Waals surface area contributed by atoms with Gasteiger partial charge in [0.2, 0.25) is 0 Å². The summed E-state index contributed by atoms with van der Waals surface area (Å²) in [6.45, 7) is 0. The predicted molar refractivity (Wildman–Crippen MR) is 74.3 cm³/mol. The molecular weight excluding hydrogens is 320 g/mol. The zero-order valence-corrected chi connectivity index (χ0v) is 11.5. The lowest BCUT2D eigenvalue weighted by Gasteiger charge is -1.94. The molecule has 0 fully saturated rings. The minimum atomic E-state index is -0.822. The number of hydrogen-bond donors (Lipinski definition) is 0. The Hall–Kier alpha value is -2.55. The van der Waals surface area contributed by atoms with Gasteiger partial charge in [-0.2, -0.15) is 0 Å². The van der Waals surface area contributed by atoms with Crippen LogP contribution in [0.15, 0.2) is 56.9 Å². The van der Waals surface area contributed by atoms with Crippen molar-refractivity contribution >= 4 is 28.7 Å². The molecule has 0 radical (unpaired) electrons. The molecule has 0 atom stereocenters. The van der Waals surface area contributed by atoms with Gasteiger partial charge in [0, 0.05) is 36.4 Å². The molecule has 0 unspecified atom stereocenters. The first-order chi connectivity index (χ1) is 10.4. The lowest BCUT2D eigenvalue weighted by atomic mass is 10.3. The van der Waals surface area contributed by atoms with Gasteiger partial charge in [0.05, 0.1) is 11.4 Å². The van der Waals surface area contributed by atoms with Gasteiger partial charge in [-0.05, 0) is 12.2 Å². The Kier molecular flexibility index (Phi) is 4.99. The van der Waals surface area contributed by atoms with E-state index in [9.17, 15) is 17.6 Å². The SMILES string of the molecule is Fc1cc(F)cc(N=NC(=S)N=Nc2cc(F)cc(F)c2)c1. The van der Waals surface area contributed by atoms with Crippen molar-refractivity contribution in [1.29, 1.82) is 0 Å². The molecule has 2 aromatic rings. The van der Waals surface area contributed by atoms with E-state index in [0.29, 0.717) is 12.1 Å². The monoisotopic (exact) mass is 326 g/mol. The molecule has 0 saturated heterocycles. The van der Waals surface area contributed by atoms with Gasteiger partial charge in [-0.1, -0.05) is 0 Å². The molecule has 2 rings (SSSR count). The van der Waals surface area contributed by atoms with Crippen LogP contribution in [0.4, 0.5) is 28.9 Å². The maximum absolute atomic E-state index is 12.9. The van der Waals surface area contributed by atoms with Crippen molar-refractivity contribution in [3.63, 3.8) is 0 Å². The van der Waals surface area contributed by atoms with Gasteiger partial charge < -0.3 is 0 Å². The van der Waals surface area contributed by atoms with Crippen LogP contribution in [-0.4, -0.2) is 5.11 Å². The van der Waals surface area contributed by atoms with E-state index < -0.39 is 23.3 Å². The first-order valence-corrected chi connectivity index (χ1v) is 6.13. The Bertz CT molecular complexity index is 673. The van der Waals surface area contributed by atoms with Crippen molar-refractivity contribution in [1.82, 2.24) is 0 Å². The van der Waals surface area contributed by atoms with Crippen LogP contribution >= 0.6 is 12.2 Å². The molecule has 2 aromatic carbocycles. The molecule has 112 valence electrons. The number of benzene rings is 2. The highest BCUT2D eigenvalue weighted by molar-refractivity contribution is 7.80. The summed E-state index contributed by atoms with van der Waals surface area (Å²) < 4.78 is 51.6. The summed E-state index contributed by atoms with van der Waals surface area (Å²) in [6.07, 6.45) is 0. The highest BCUT2D eigenvalue weighted by Gasteiger charge is 2.01. The third-order valence-corrected chi connectivity index (χ3v) is 2.36. The number of thiocarbonyl (C=S) groups is 1. The summed E-state index contributed by atoms with van der Waals surface area (Å²) in [7, 11) is 0. The second-order valence-electron chi connectivity index (χ2n) is 3.94. The topological polar surface area (TPSA) is 49.4 Å². The van der Waals surface area contributed by atoms with Crippen LogP contribution < -0.4 is 0 Å². The van der Waals surface area contributed by atoms with Gasteiger partial charge in [-0.15, -0.1) is 20.5 Å². The van der Waals surface area contributed by atoms with Crippen LogP contribution in [0.25, 0.3) is 0 Å². The fourth-order valence-electron chi connectivity index (χ4n) is 1.42. The zero-order chi connectivity index (χ0) is 16.1. The number of rotatable bonds is 2. The highest BCUT2D eigenvalue weighted by atomic mass is 32.1. The average Bonchev–Trinajstić information content (AvgIpc) is 2.41. The smallest absolute Gasteiger partial charge is 0.207 e. The minimum absolute atomic E-state index is 0.105. The molecule has 0 bridgehead atoms. The second-order valence-corrected chi connectivity index (χ2v) is 4.30. The Morgan fingerprint density at radius 2 is 0.955 bits per heavy atom. The van der Waals surface area contributed by atoms with E-state index in [-0.39, 0.29) is 16.5 Å². The molecule has 0 aliphatic carbocycles. The Morgan fingerprint density at radius 3 is 1.27 bits per heavy atom. The molecule has 0 amide bonds. The van der Waals surface area contributed by atoms with E-state index in [4.69, 9.17) is 0 Å². The van der Waals surface area contributed by atoms with Crippen molar-refractivity contribution in [2.24, 2.45) is 20.5 Å². The molecule has 4 nitrogen and oxygen atoms in total. The molecule has 0 aromatic heterocycles. The van der Waals surface area contributed by atoms with Gasteiger partial charge in [0.1, 0.15) is 23.3 Å². The zero-order valence-electron chi connectivity index (χ0n) is 10.7. The van der Waals surface area contributed by atoms with Crippen molar-refractivity contribution in [2.75, 3.05) is 0 Å². The predicted octanol–water partition coefficient (Wildman–Crippen LogP) is 5.40. The van der Waals surface area contributed by atoms with Crippen molar-refractivity contribution in [3.05, 3.63) is 59.7 Å². The van der Waals surface area contributed by atoms with E-state index in [2.05, 4.69) is 32.7 Å². The van der Waals surface area contributed by atoms with Crippen LogP contribution in [0.5, 0.6) is 0 Å². The van der Waals surface area contributed by atoms with E-state index in [1.54, 1.807) is 0 Å². The van der Waals surface area contributed by atoms with Gasteiger partial charge in [-0.3, -0.25) is 0 Å². The lowest BCUT2D eigenvalue weighted by molar-refractivity contribution is 0.583. The van der Waals surface area contributed by atoms with Crippen molar-refractivity contribution in [2.45, 2.75) is 0 Å². The van der Waals surface area contributed by atoms with Crippen LogP contribution in [0.1, 0.15) is 0 Å². The normalized spacial score (nSPS) is 11.5. The van der Waals surface area contributed by atoms with Gasteiger partial charge >= 0.3 is 0 Å². The molecule has 9 heteroatoms. The van der Waals surface area contributed by atoms with Crippen molar-refractivity contribution in [3.8, 4) is 0 Å². The average molecular weight is 326 g/mol. The molecule has 0 aliphatic heterocycles. The summed E-state index contributed by atoms with van der Waals surface area (Å²) in [5, 5.41) is 13.4. The fourth-order valence-corrected chi connectivity index (χ4v) is 1.50.